The number of nitrogens with zero attached hydrogens (tertiary/aromatic N) is 1. The Labute approximate surface area is 152 Å². The molecule has 8 heteroatoms. The minimum atomic E-state index is 0.371. The van der Waals surface area contributed by atoms with Gasteiger partial charge in [0.15, 0.2) is 0 Å². The Kier molecular flexibility index (Phi) is 4.07. The van der Waals surface area contributed by atoms with Crippen molar-refractivity contribution in [3.05, 3.63) is 9.09 Å². The largest absolute Gasteiger partial charge is 0.281 e. The number of alkyl halides is 2. The first-order valence-electron chi connectivity index (χ1n) is 7.00. The van der Waals surface area contributed by atoms with E-state index in [0.717, 1.165) is 10.5 Å². The lowest BCUT2D eigenvalue weighted by Crippen LogP contribution is -2.78. The molecule has 4 rings (SSSR count). The molecule has 0 bridgehead atoms. The Morgan fingerprint density at radius 2 is 1.90 bits per heavy atom. The first-order valence-corrected chi connectivity index (χ1v) is 10.4. The van der Waals surface area contributed by atoms with Gasteiger partial charge in [0.1, 0.15) is 4.61 Å². The van der Waals surface area contributed by atoms with E-state index < -0.39 is 0 Å². The van der Waals surface area contributed by atoms with Gasteiger partial charge in [-0.05, 0) is 46.5 Å². The molecule has 7 unspecified atom stereocenters. The summed E-state index contributed by atoms with van der Waals surface area (Å²) in [6, 6.07) is 0.830. The van der Waals surface area contributed by atoms with Crippen LogP contribution in [-0.2, 0) is 0 Å². The second-order valence-electron chi connectivity index (χ2n) is 6.07. The maximum atomic E-state index is 3.97. The summed E-state index contributed by atoms with van der Waals surface area (Å²) in [6.07, 6.45) is 3.93. The van der Waals surface area contributed by atoms with Gasteiger partial charge in [0.05, 0.1) is 12.1 Å². The summed E-state index contributed by atoms with van der Waals surface area (Å²) in [4.78, 5) is 0.935. The number of allylic oxidation sites excluding steroid dienone is 1. The lowest BCUT2D eigenvalue weighted by Gasteiger charge is -2.60. The van der Waals surface area contributed by atoms with Crippen molar-refractivity contribution in [2.75, 3.05) is 0 Å². The lowest BCUT2D eigenvalue weighted by molar-refractivity contribution is -0.0602. The van der Waals surface area contributed by atoms with Gasteiger partial charge in [-0.1, -0.05) is 54.2 Å². The molecule has 20 heavy (non-hydrogen) atoms. The van der Waals surface area contributed by atoms with Gasteiger partial charge in [-0.25, -0.2) is 5.43 Å². The Morgan fingerprint density at radius 1 is 1.10 bits per heavy atom. The van der Waals surface area contributed by atoms with Crippen LogP contribution in [0.1, 0.15) is 19.3 Å². The summed E-state index contributed by atoms with van der Waals surface area (Å²) in [5.41, 5.74) is 9.77. The SMILES string of the molecule is BrC1=C(Br)N2NNNC3C(Br)C(Br)C4CCCC1C4C32. The molecule has 2 aliphatic carbocycles. The first kappa shape index (κ1) is 14.9. The molecule has 4 nitrogen and oxygen atoms in total. The highest BCUT2D eigenvalue weighted by molar-refractivity contribution is 9.14. The lowest BCUT2D eigenvalue weighted by atomic mass is 9.60. The fourth-order valence-corrected chi connectivity index (χ4v) is 7.60. The van der Waals surface area contributed by atoms with Gasteiger partial charge in [0.25, 0.3) is 0 Å². The third-order valence-electron chi connectivity index (χ3n) is 5.28. The number of hydrogen-bond acceptors (Lipinski definition) is 4. The van der Waals surface area contributed by atoms with E-state index in [1.54, 1.807) is 0 Å². The van der Waals surface area contributed by atoms with Crippen molar-refractivity contribution in [1.82, 2.24) is 21.5 Å². The van der Waals surface area contributed by atoms with Crippen molar-refractivity contribution in [2.24, 2.45) is 17.8 Å². The van der Waals surface area contributed by atoms with Crippen LogP contribution in [0.2, 0.25) is 0 Å². The van der Waals surface area contributed by atoms with Gasteiger partial charge in [0, 0.05) is 14.1 Å². The molecule has 0 amide bonds. The van der Waals surface area contributed by atoms with Gasteiger partial charge in [-0.15, -0.1) is 0 Å². The molecule has 0 aromatic carbocycles. The van der Waals surface area contributed by atoms with Crippen LogP contribution in [0, 0.1) is 17.8 Å². The van der Waals surface area contributed by atoms with E-state index in [4.69, 9.17) is 0 Å². The molecule has 0 spiro atoms. The predicted octanol–water partition coefficient (Wildman–Crippen LogP) is 3.10. The predicted molar refractivity (Wildman–Crippen MR) is 93.5 cm³/mol. The second-order valence-corrected chi connectivity index (χ2v) is 9.79. The van der Waals surface area contributed by atoms with Crippen LogP contribution < -0.4 is 16.5 Å². The minimum absolute atomic E-state index is 0.371. The maximum Gasteiger partial charge on any atom is 0.107 e. The van der Waals surface area contributed by atoms with Crippen LogP contribution in [0.3, 0.4) is 0 Å². The quantitative estimate of drug-likeness (QED) is 0.329. The smallest absolute Gasteiger partial charge is 0.107 e. The van der Waals surface area contributed by atoms with Gasteiger partial charge in [-0.3, -0.25) is 5.01 Å². The van der Waals surface area contributed by atoms with Crippen molar-refractivity contribution < 1.29 is 0 Å². The molecule has 2 saturated carbocycles. The van der Waals surface area contributed by atoms with E-state index >= 15 is 0 Å². The molecule has 0 radical (unpaired) electrons. The number of nitrogens with one attached hydrogen (secondary N) is 3. The average Bonchev–Trinajstić information content (AvgIpc) is 2.48. The van der Waals surface area contributed by atoms with E-state index in [1.807, 2.05) is 0 Å². The summed E-state index contributed by atoms with van der Waals surface area (Å²) < 4.78 is 2.45. The van der Waals surface area contributed by atoms with E-state index in [1.165, 1.54) is 23.7 Å². The van der Waals surface area contributed by atoms with Crippen LogP contribution in [0.5, 0.6) is 0 Å². The van der Waals surface area contributed by atoms with Crippen LogP contribution in [0.4, 0.5) is 0 Å². The molecule has 4 aliphatic rings. The zero-order valence-electron chi connectivity index (χ0n) is 10.6. The highest BCUT2D eigenvalue weighted by Crippen LogP contribution is 2.56. The minimum Gasteiger partial charge on any atom is -0.281 e. The summed E-state index contributed by atoms with van der Waals surface area (Å²) in [6.45, 7) is 0. The number of rotatable bonds is 0. The molecule has 2 heterocycles. The summed E-state index contributed by atoms with van der Waals surface area (Å²) >= 11 is 15.5. The highest BCUT2D eigenvalue weighted by atomic mass is 79.9. The first-order chi connectivity index (χ1) is 9.61. The molecule has 112 valence electrons. The fraction of sp³-hybridized carbons (Fsp3) is 0.833. The van der Waals surface area contributed by atoms with Crippen molar-refractivity contribution in [2.45, 2.75) is 41.0 Å². The van der Waals surface area contributed by atoms with E-state index in [0.29, 0.717) is 33.6 Å². The van der Waals surface area contributed by atoms with Gasteiger partial charge in [0.2, 0.25) is 0 Å². The van der Waals surface area contributed by atoms with Crippen LogP contribution in [-0.4, -0.2) is 26.7 Å². The Balaban J connectivity index is 1.83. The molecule has 0 aromatic heterocycles. The van der Waals surface area contributed by atoms with Crippen molar-refractivity contribution >= 4 is 63.7 Å². The molecule has 1 saturated heterocycles. The zero-order valence-corrected chi connectivity index (χ0v) is 17.0. The summed E-state index contributed by atoms with van der Waals surface area (Å²) in [5, 5.41) is 2.25. The van der Waals surface area contributed by atoms with E-state index in [2.05, 4.69) is 85.2 Å². The van der Waals surface area contributed by atoms with Crippen LogP contribution >= 0.6 is 63.7 Å². The normalized spacial score (nSPS) is 51.0. The average molecular weight is 536 g/mol. The Morgan fingerprint density at radius 3 is 2.70 bits per heavy atom. The highest BCUT2D eigenvalue weighted by Gasteiger charge is 2.58. The zero-order chi connectivity index (χ0) is 14.0. The monoisotopic (exact) mass is 532 g/mol. The standard InChI is InChI=1S/C12H16Br4N4/c13-7-4-2-1-3-5-6(4)11-10(9(7)15)17-18-19-20(11)12(16)8(5)14/h4-7,9-11,17-19H,1-3H2. The second kappa shape index (κ2) is 5.46. The van der Waals surface area contributed by atoms with Crippen LogP contribution in [0.15, 0.2) is 9.09 Å². The Hall–Kier alpha value is 1.34. The molecular formula is C12H16Br4N4. The molecule has 2 aliphatic heterocycles. The third kappa shape index (κ3) is 1.98. The maximum absolute atomic E-state index is 3.97. The van der Waals surface area contributed by atoms with Crippen LogP contribution in [0.25, 0.3) is 0 Å². The molecular weight excluding hydrogens is 520 g/mol. The number of halogens is 4. The third-order valence-corrected chi connectivity index (χ3v) is 10.7. The molecule has 0 aromatic rings. The van der Waals surface area contributed by atoms with Crippen molar-refractivity contribution in [1.29, 1.82) is 0 Å². The molecule has 7 atom stereocenters. The number of hydrogen-bond donors (Lipinski definition) is 3. The van der Waals surface area contributed by atoms with Crippen molar-refractivity contribution in [3.8, 4) is 0 Å². The molecule has 3 N–H and O–H groups in total. The topological polar surface area (TPSA) is 39.3 Å². The van der Waals surface area contributed by atoms with E-state index in [9.17, 15) is 0 Å². The van der Waals surface area contributed by atoms with Crippen molar-refractivity contribution in [3.63, 3.8) is 0 Å². The van der Waals surface area contributed by atoms with Gasteiger partial charge >= 0.3 is 0 Å². The molecule has 3 fully saturated rings. The fourth-order valence-electron chi connectivity index (χ4n) is 4.47. The number of hydrazine groups is 3. The Bertz CT molecular complexity index is 419. The summed E-state index contributed by atoms with van der Waals surface area (Å²) in [7, 11) is 0. The van der Waals surface area contributed by atoms with Gasteiger partial charge < -0.3 is 0 Å². The summed E-state index contributed by atoms with van der Waals surface area (Å²) in [5.74, 6) is 2.02. The van der Waals surface area contributed by atoms with E-state index in [-0.39, 0.29) is 0 Å². The van der Waals surface area contributed by atoms with Gasteiger partial charge in [-0.2, -0.15) is 11.1 Å².